The molecule has 29 heavy (non-hydrogen) atoms. The van der Waals surface area contributed by atoms with Gasteiger partial charge >= 0.3 is 0 Å². The SMILES string of the molecule is C[C@]12CCC3C(CC=C4CC5(CC[C@@]43CCN)OCCO5)C1CCC21OCCO1. The Balaban J connectivity index is 1.34. The fraction of sp³-hybridized carbons (Fsp3) is 0.917. The molecule has 162 valence electrons. The van der Waals surface area contributed by atoms with Gasteiger partial charge in [-0.3, -0.25) is 0 Å². The van der Waals surface area contributed by atoms with Crippen molar-refractivity contribution in [1.29, 1.82) is 0 Å². The minimum Gasteiger partial charge on any atom is -0.347 e. The summed E-state index contributed by atoms with van der Waals surface area (Å²) in [6.45, 7) is 6.25. The van der Waals surface area contributed by atoms with Gasteiger partial charge in [0.05, 0.1) is 26.4 Å². The van der Waals surface area contributed by atoms with Crippen LogP contribution in [0.5, 0.6) is 0 Å². The standard InChI is InChI=1S/C24H37NO4/c1-21-6-4-20-18(19(21)5-7-24(21)28-14-15-29-24)3-2-17-16-23(26-12-13-27-23)9-8-22(17,20)10-11-25/h2,18-20H,3-16,25H2,1H3/t18?,19?,20?,21-,22+/m0/s1. The summed E-state index contributed by atoms with van der Waals surface area (Å²) in [4.78, 5) is 0. The Bertz CT molecular complexity index is 695. The predicted octanol–water partition coefficient (Wildman–Crippen LogP) is 3.76. The van der Waals surface area contributed by atoms with Crippen molar-refractivity contribution in [2.24, 2.45) is 34.3 Å². The van der Waals surface area contributed by atoms with Crippen molar-refractivity contribution in [3.8, 4) is 0 Å². The van der Waals surface area contributed by atoms with E-state index >= 15 is 0 Å². The zero-order valence-electron chi connectivity index (χ0n) is 17.9. The van der Waals surface area contributed by atoms with Crippen molar-refractivity contribution >= 4 is 0 Å². The third kappa shape index (κ3) is 2.46. The molecule has 0 amide bonds. The summed E-state index contributed by atoms with van der Waals surface area (Å²) in [5, 5.41) is 0. The highest BCUT2D eigenvalue weighted by molar-refractivity contribution is 5.28. The summed E-state index contributed by atoms with van der Waals surface area (Å²) in [6.07, 6.45) is 12.8. The number of ether oxygens (including phenoxy) is 4. The second kappa shape index (κ2) is 6.52. The van der Waals surface area contributed by atoms with Crippen LogP contribution in [0.2, 0.25) is 0 Å². The minimum absolute atomic E-state index is 0.160. The Kier molecular flexibility index (Phi) is 4.33. The van der Waals surface area contributed by atoms with E-state index in [1.165, 1.54) is 32.1 Å². The second-order valence-corrected chi connectivity index (χ2v) is 10.8. The van der Waals surface area contributed by atoms with E-state index in [4.69, 9.17) is 24.7 Å². The van der Waals surface area contributed by atoms with Crippen LogP contribution < -0.4 is 5.73 Å². The molecule has 2 heterocycles. The van der Waals surface area contributed by atoms with Crippen LogP contribution >= 0.6 is 0 Å². The molecular weight excluding hydrogens is 366 g/mol. The molecule has 2 saturated heterocycles. The van der Waals surface area contributed by atoms with Gasteiger partial charge in [0.25, 0.3) is 0 Å². The van der Waals surface area contributed by atoms with Crippen molar-refractivity contribution in [1.82, 2.24) is 0 Å². The van der Waals surface area contributed by atoms with E-state index in [1.54, 1.807) is 5.57 Å². The number of hydrogen-bond acceptors (Lipinski definition) is 5. The van der Waals surface area contributed by atoms with Crippen LogP contribution in [0.4, 0.5) is 0 Å². The van der Waals surface area contributed by atoms with Gasteiger partial charge in [-0.05, 0) is 68.2 Å². The van der Waals surface area contributed by atoms with Crippen molar-refractivity contribution in [2.45, 2.75) is 76.3 Å². The maximum Gasteiger partial charge on any atom is 0.174 e. The fourth-order valence-corrected chi connectivity index (χ4v) is 8.77. The van der Waals surface area contributed by atoms with Gasteiger partial charge in [-0.1, -0.05) is 18.6 Å². The van der Waals surface area contributed by atoms with Gasteiger partial charge in [-0.25, -0.2) is 0 Å². The summed E-state index contributed by atoms with van der Waals surface area (Å²) < 4.78 is 24.8. The van der Waals surface area contributed by atoms with Crippen LogP contribution in [0, 0.1) is 28.6 Å². The van der Waals surface area contributed by atoms with Gasteiger partial charge < -0.3 is 24.7 Å². The zero-order chi connectivity index (χ0) is 19.7. The second-order valence-electron chi connectivity index (χ2n) is 10.8. The molecule has 0 aromatic rings. The van der Waals surface area contributed by atoms with E-state index < -0.39 is 0 Å². The Morgan fingerprint density at radius 1 is 0.931 bits per heavy atom. The molecule has 3 saturated carbocycles. The summed E-state index contributed by atoms with van der Waals surface area (Å²) in [7, 11) is 0. The Morgan fingerprint density at radius 3 is 2.41 bits per heavy atom. The predicted molar refractivity (Wildman–Crippen MR) is 109 cm³/mol. The Hall–Kier alpha value is -0.460. The molecule has 5 atom stereocenters. The number of fused-ring (bicyclic) bond motifs is 6. The maximum absolute atomic E-state index is 6.31. The quantitative estimate of drug-likeness (QED) is 0.711. The molecule has 3 unspecified atom stereocenters. The van der Waals surface area contributed by atoms with Crippen LogP contribution in [0.15, 0.2) is 11.6 Å². The van der Waals surface area contributed by atoms with E-state index in [-0.39, 0.29) is 22.4 Å². The number of hydrogen-bond donors (Lipinski definition) is 1. The molecule has 6 aliphatic rings. The van der Waals surface area contributed by atoms with Crippen molar-refractivity contribution in [2.75, 3.05) is 33.0 Å². The molecule has 5 nitrogen and oxygen atoms in total. The van der Waals surface area contributed by atoms with Gasteiger partial charge in [0.15, 0.2) is 11.6 Å². The smallest absolute Gasteiger partial charge is 0.174 e. The molecular formula is C24H37NO4. The van der Waals surface area contributed by atoms with E-state index in [0.29, 0.717) is 5.92 Å². The fourth-order valence-electron chi connectivity index (χ4n) is 8.77. The maximum atomic E-state index is 6.31. The summed E-state index contributed by atoms with van der Waals surface area (Å²) in [5.74, 6) is 1.51. The lowest BCUT2D eigenvalue weighted by Crippen LogP contribution is -2.56. The lowest BCUT2D eigenvalue weighted by Gasteiger charge is -2.60. The van der Waals surface area contributed by atoms with E-state index in [2.05, 4.69) is 13.0 Å². The van der Waals surface area contributed by atoms with E-state index in [9.17, 15) is 0 Å². The van der Waals surface area contributed by atoms with Crippen LogP contribution in [0.1, 0.15) is 64.7 Å². The highest BCUT2D eigenvalue weighted by Crippen LogP contribution is 2.69. The Morgan fingerprint density at radius 2 is 1.66 bits per heavy atom. The first-order valence-electron chi connectivity index (χ1n) is 12.0. The topological polar surface area (TPSA) is 62.9 Å². The van der Waals surface area contributed by atoms with Gasteiger partial charge in [0, 0.05) is 24.7 Å². The summed E-state index contributed by atoms with van der Waals surface area (Å²) in [6, 6.07) is 0. The highest BCUT2D eigenvalue weighted by Gasteiger charge is 2.67. The number of rotatable bonds is 2. The Labute approximate surface area is 174 Å². The lowest BCUT2D eigenvalue weighted by molar-refractivity contribution is -0.244. The first-order valence-corrected chi connectivity index (χ1v) is 12.0. The molecule has 5 heteroatoms. The zero-order valence-corrected chi connectivity index (χ0v) is 17.9. The first-order chi connectivity index (χ1) is 14.1. The van der Waals surface area contributed by atoms with Gasteiger partial charge in [0.1, 0.15) is 0 Å². The van der Waals surface area contributed by atoms with Crippen molar-refractivity contribution < 1.29 is 18.9 Å². The van der Waals surface area contributed by atoms with Gasteiger partial charge in [-0.2, -0.15) is 0 Å². The molecule has 0 radical (unpaired) electrons. The average molecular weight is 404 g/mol. The highest BCUT2D eigenvalue weighted by atomic mass is 16.7. The summed E-state index contributed by atoms with van der Waals surface area (Å²) >= 11 is 0. The molecule has 0 aromatic carbocycles. The van der Waals surface area contributed by atoms with Gasteiger partial charge in [-0.15, -0.1) is 0 Å². The monoisotopic (exact) mass is 403 g/mol. The van der Waals surface area contributed by atoms with E-state index in [0.717, 1.165) is 70.5 Å². The van der Waals surface area contributed by atoms with Crippen LogP contribution in [0.25, 0.3) is 0 Å². The van der Waals surface area contributed by atoms with Gasteiger partial charge in [0.2, 0.25) is 0 Å². The van der Waals surface area contributed by atoms with Crippen molar-refractivity contribution in [3.63, 3.8) is 0 Å². The molecule has 0 bridgehead atoms. The third-order valence-corrected chi connectivity index (χ3v) is 10.0. The third-order valence-electron chi connectivity index (χ3n) is 10.0. The molecule has 4 aliphatic carbocycles. The van der Waals surface area contributed by atoms with Crippen LogP contribution in [-0.2, 0) is 18.9 Å². The molecule has 5 fully saturated rings. The molecule has 2 spiro atoms. The average Bonchev–Trinajstić information content (AvgIpc) is 3.44. The first kappa shape index (κ1) is 19.2. The molecule has 2 aliphatic heterocycles. The van der Waals surface area contributed by atoms with Crippen molar-refractivity contribution in [3.05, 3.63) is 11.6 Å². The normalized spacial score (nSPS) is 47.1. The lowest BCUT2D eigenvalue weighted by atomic mass is 9.46. The number of nitrogens with two attached hydrogens (primary N) is 1. The van der Waals surface area contributed by atoms with Crippen LogP contribution in [-0.4, -0.2) is 44.5 Å². The van der Waals surface area contributed by atoms with Crippen LogP contribution in [0.3, 0.4) is 0 Å². The molecule has 0 aromatic heterocycles. The van der Waals surface area contributed by atoms with E-state index in [1.807, 2.05) is 0 Å². The number of allylic oxidation sites excluding steroid dienone is 1. The summed E-state index contributed by atoms with van der Waals surface area (Å²) in [5.41, 5.74) is 8.24. The molecule has 2 N–H and O–H groups in total. The largest absolute Gasteiger partial charge is 0.347 e. The molecule has 6 rings (SSSR count). The minimum atomic E-state index is -0.344.